The number of benzene rings is 1. The topological polar surface area (TPSA) is 89.4 Å². The highest BCUT2D eigenvalue weighted by atomic mass is 16.2. The first-order valence-corrected chi connectivity index (χ1v) is 6.72. The molecular formula is C15H21N3O2. The second-order valence-electron chi connectivity index (χ2n) is 6.10. The van der Waals surface area contributed by atoms with Crippen LogP contribution in [0.3, 0.4) is 0 Å². The number of anilines is 1. The van der Waals surface area contributed by atoms with Crippen LogP contribution in [0.15, 0.2) is 24.3 Å². The number of nitrogen functional groups attached to an aromatic ring is 1. The highest BCUT2D eigenvalue weighted by Crippen LogP contribution is 2.52. The lowest BCUT2D eigenvalue weighted by Crippen LogP contribution is -2.39. The van der Waals surface area contributed by atoms with Crippen molar-refractivity contribution in [2.45, 2.75) is 26.8 Å². The molecule has 0 saturated heterocycles. The van der Waals surface area contributed by atoms with Crippen LogP contribution in [0.25, 0.3) is 0 Å². The molecule has 1 aromatic carbocycles. The summed E-state index contributed by atoms with van der Waals surface area (Å²) in [5.74, 6) is -0.546. The molecule has 0 aromatic heterocycles. The molecule has 0 radical (unpaired) electrons. The third kappa shape index (κ3) is 3.10. The van der Waals surface area contributed by atoms with Crippen molar-refractivity contribution >= 4 is 17.5 Å². The second-order valence-corrected chi connectivity index (χ2v) is 6.10. The van der Waals surface area contributed by atoms with Gasteiger partial charge in [0.1, 0.15) is 0 Å². The monoisotopic (exact) mass is 275 g/mol. The van der Waals surface area contributed by atoms with Gasteiger partial charge in [0.15, 0.2) is 0 Å². The Morgan fingerprint density at radius 2 is 1.95 bits per heavy atom. The first-order chi connectivity index (χ1) is 9.31. The Morgan fingerprint density at radius 3 is 2.45 bits per heavy atom. The summed E-state index contributed by atoms with van der Waals surface area (Å²) in [5.41, 5.74) is 12.6. The molecule has 2 amide bonds. The first-order valence-electron chi connectivity index (χ1n) is 6.72. The van der Waals surface area contributed by atoms with Gasteiger partial charge in [0.05, 0.1) is 6.54 Å². The Labute approximate surface area is 118 Å². The van der Waals surface area contributed by atoms with Crippen molar-refractivity contribution in [3.63, 3.8) is 0 Å². The Bertz CT molecular complexity index is 540. The van der Waals surface area contributed by atoms with Crippen LogP contribution >= 0.6 is 0 Å². The molecule has 1 aliphatic rings. The van der Waals surface area contributed by atoms with Crippen LogP contribution in [0.1, 0.15) is 25.8 Å². The fraction of sp³-hybridized carbons (Fsp3) is 0.467. The van der Waals surface area contributed by atoms with Gasteiger partial charge in [-0.3, -0.25) is 9.59 Å². The number of nitrogens with zero attached hydrogens (tertiary/aromatic N) is 1. The summed E-state index contributed by atoms with van der Waals surface area (Å²) in [6, 6.07) is 7.33. The van der Waals surface area contributed by atoms with Crippen molar-refractivity contribution in [3.05, 3.63) is 29.8 Å². The Morgan fingerprint density at radius 1 is 1.35 bits per heavy atom. The maximum atomic E-state index is 12.4. The molecule has 20 heavy (non-hydrogen) atoms. The lowest BCUT2D eigenvalue weighted by atomic mass is 10.1. The SMILES string of the molecule is CC1(C)CC1C(=O)N(CC(N)=O)Cc1ccccc1N. The minimum Gasteiger partial charge on any atom is -0.398 e. The molecule has 1 aromatic rings. The number of para-hydroxylation sites is 1. The van der Waals surface area contributed by atoms with Gasteiger partial charge in [-0.2, -0.15) is 0 Å². The van der Waals surface area contributed by atoms with Crippen LogP contribution < -0.4 is 11.5 Å². The van der Waals surface area contributed by atoms with Crippen LogP contribution in [-0.2, 0) is 16.1 Å². The molecule has 4 N–H and O–H groups in total. The predicted octanol–water partition coefficient (Wildman–Crippen LogP) is 1.13. The van der Waals surface area contributed by atoms with E-state index < -0.39 is 5.91 Å². The summed E-state index contributed by atoms with van der Waals surface area (Å²) in [7, 11) is 0. The number of carbonyl (C=O) groups excluding carboxylic acids is 2. The first kappa shape index (κ1) is 14.4. The number of amides is 2. The number of primary amides is 1. The highest BCUT2D eigenvalue weighted by Gasteiger charge is 2.52. The van der Waals surface area contributed by atoms with Gasteiger partial charge in [0.2, 0.25) is 11.8 Å². The van der Waals surface area contributed by atoms with E-state index in [1.165, 1.54) is 4.90 Å². The average molecular weight is 275 g/mol. The van der Waals surface area contributed by atoms with Crippen molar-refractivity contribution in [1.82, 2.24) is 4.90 Å². The summed E-state index contributed by atoms with van der Waals surface area (Å²) in [6.07, 6.45) is 0.853. The fourth-order valence-corrected chi connectivity index (χ4v) is 2.39. The molecule has 0 aliphatic heterocycles. The van der Waals surface area contributed by atoms with Crippen LogP contribution in [-0.4, -0.2) is 23.3 Å². The number of nitrogens with two attached hydrogens (primary N) is 2. The van der Waals surface area contributed by atoms with Crippen LogP contribution in [0, 0.1) is 11.3 Å². The van der Waals surface area contributed by atoms with Crippen molar-refractivity contribution in [2.24, 2.45) is 17.1 Å². The smallest absolute Gasteiger partial charge is 0.237 e. The van der Waals surface area contributed by atoms with Gasteiger partial charge in [0, 0.05) is 18.2 Å². The minimum atomic E-state index is -0.508. The Hall–Kier alpha value is -2.04. The van der Waals surface area contributed by atoms with Crippen molar-refractivity contribution in [2.75, 3.05) is 12.3 Å². The number of hydrogen-bond acceptors (Lipinski definition) is 3. The molecule has 1 atom stereocenters. The highest BCUT2D eigenvalue weighted by molar-refractivity contribution is 5.87. The minimum absolute atomic E-state index is 0.0166. The zero-order chi connectivity index (χ0) is 14.9. The third-order valence-corrected chi connectivity index (χ3v) is 3.89. The van der Waals surface area contributed by atoms with Gasteiger partial charge in [0.25, 0.3) is 0 Å². The predicted molar refractivity (Wildman–Crippen MR) is 77.4 cm³/mol. The van der Waals surface area contributed by atoms with Crippen molar-refractivity contribution in [1.29, 1.82) is 0 Å². The summed E-state index contributed by atoms with van der Waals surface area (Å²) in [6.45, 7) is 4.35. The molecular weight excluding hydrogens is 254 g/mol. The number of hydrogen-bond donors (Lipinski definition) is 2. The van der Waals surface area contributed by atoms with Crippen LogP contribution in [0.4, 0.5) is 5.69 Å². The number of rotatable bonds is 5. The molecule has 5 nitrogen and oxygen atoms in total. The van der Waals surface area contributed by atoms with Gasteiger partial charge in [-0.05, 0) is 23.5 Å². The Balaban J connectivity index is 2.14. The fourth-order valence-electron chi connectivity index (χ4n) is 2.39. The number of carbonyl (C=O) groups is 2. The normalized spacial score (nSPS) is 19.4. The summed E-state index contributed by atoms with van der Waals surface area (Å²) in [4.78, 5) is 25.1. The maximum absolute atomic E-state index is 12.4. The average Bonchev–Trinajstić information content (AvgIpc) is 2.99. The van der Waals surface area contributed by atoms with Gasteiger partial charge in [-0.15, -0.1) is 0 Å². The summed E-state index contributed by atoms with van der Waals surface area (Å²) < 4.78 is 0. The molecule has 5 heteroatoms. The van der Waals surface area contributed by atoms with E-state index in [1.54, 1.807) is 6.07 Å². The quantitative estimate of drug-likeness (QED) is 0.789. The summed E-state index contributed by atoms with van der Waals surface area (Å²) >= 11 is 0. The molecule has 0 heterocycles. The zero-order valence-corrected chi connectivity index (χ0v) is 11.9. The van der Waals surface area contributed by atoms with E-state index in [-0.39, 0.29) is 23.8 Å². The molecule has 108 valence electrons. The van der Waals surface area contributed by atoms with Crippen molar-refractivity contribution in [3.8, 4) is 0 Å². The molecule has 0 bridgehead atoms. The van der Waals surface area contributed by atoms with Gasteiger partial charge in [-0.25, -0.2) is 0 Å². The third-order valence-electron chi connectivity index (χ3n) is 3.89. The summed E-state index contributed by atoms with van der Waals surface area (Å²) in [5, 5.41) is 0. The molecule has 1 aliphatic carbocycles. The lowest BCUT2D eigenvalue weighted by molar-refractivity contribution is -0.137. The zero-order valence-electron chi connectivity index (χ0n) is 11.9. The van der Waals surface area contributed by atoms with E-state index in [0.717, 1.165) is 12.0 Å². The standard InChI is InChI=1S/C15H21N3O2/c1-15(2)7-11(15)14(20)18(9-13(17)19)8-10-5-3-4-6-12(10)16/h3-6,11H,7-9,16H2,1-2H3,(H2,17,19). The molecule has 1 saturated carbocycles. The van der Waals surface area contributed by atoms with Gasteiger partial charge < -0.3 is 16.4 Å². The molecule has 0 spiro atoms. The van der Waals surface area contributed by atoms with Gasteiger partial charge in [-0.1, -0.05) is 32.0 Å². The van der Waals surface area contributed by atoms with E-state index in [2.05, 4.69) is 13.8 Å². The lowest BCUT2D eigenvalue weighted by Gasteiger charge is -2.23. The van der Waals surface area contributed by atoms with E-state index in [4.69, 9.17) is 11.5 Å². The van der Waals surface area contributed by atoms with Crippen molar-refractivity contribution < 1.29 is 9.59 Å². The Kier molecular flexibility index (Phi) is 3.70. The molecule has 2 rings (SSSR count). The molecule has 1 fully saturated rings. The van der Waals surface area contributed by atoms with E-state index in [9.17, 15) is 9.59 Å². The van der Waals surface area contributed by atoms with Gasteiger partial charge >= 0.3 is 0 Å². The molecule has 1 unspecified atom stereocenters. The van der Waals surface area contributed by atoms with E-state index in [0.29, 0.717) is 12.2 Å². The second kappa shape index (κ2) is 5.15. The van der Waals surface area contributed by atoms with E-state index >= 15 is 0 Å². The maximum Gasteiger partial charge on any atom is 0.237 e. The van der Waals surface area contributed by atoms with Crippen LogP contribution in [0.5, 0.6) is 0 Å². The van der Waals surface area contributed by atoms with E-state index in [1.807, 2.05) is 18.2 Å². The largest absolute Gasteiger partial charge is 0.398 e. The van der Waals surface area contributed by atoms with Crippen LogP contribution in [0.2, 0.25) is 0 Å².